The third-order valence-corrected chi connectivity index (χ3v) is 5.97. The first-order chi connectivity index (χ1) is 9.89. The van der Waals surface area contributed by atoms with Crippen LogP contribution in [0.1, 0.15) is 40.5 Å². The average molecular weight is 320 g/mol. The Morgan fingerprint density at radius 2 is 2.05 bits per heavy atom. The van der Waals surface area contributed by atoms with Crippen molar-refractivity contribution in [1.82, 2.24) is 10.2 Å². The smallest absolute Gasteiger partial charge is 0.150 e. The number of hydrogen-bond donors (Lipinski definition) is 1. The summed E-state index contributed by atoms with van der Waals surface area (Å²) in [5.74, 6) is 0.520. The Bertz CT molecular complexity index is 384. The van der Waals surface area contributed by atoms with E-state index in [1.54, 1.807) is 6.92 Å². The van der Waals surface area contributed by atoms with Crippen molar-refractivity contribution >= 4 is 9.84 Å². The molecule has 0 aromatic rings. The van der Waals surface area contributed by atoms with Gasteiger partial charge in [0.15, 0.2) is 0 Å². The van der Waals surface area contributed by atoms with Crippen molar-refractivity contribution in [3.05, 3.63) is 0 Å². The fraction of sp³-hybridized carbons (Fsp3) is 1.00. The van der Waals surface area contributed by atoms with Crippen molar-refractivity contribution in [3.63, 3.8) is 0 Å². The summed E-state index contributed by atoms with van der Waals surface area (Å²) in [7, 11) is -2.86. The molecule has 0 spiro atoms. The lowest BCUT2D eigenvalue weighted by atomic mass is 10.0. The molecule has 21 heavy (non-hydrogen) atoms. The second-order valence-corrected chi connectivity index (χ2v) is 8.51. The fourth-order valence-corrected chi connectivity index (χ4v) is 3.65. The highest BCUT2D eigenvalue weighted by molar-refractivity contribution is 7.91. The number of sulfone groups is 1. The van der Waals surface area contributed by atoms with Crippen molar-refractivity contribution in [3.8, 4) is 0 Å². The highest BCUT2D eigenvalue weighted by Crippen LogP contribution is 2.15. The van der Waals surface area contributed by atoms with E-state index in [1.807, 2.05) is 0 Å². The molecule has 1 aliphatic rings. The fourth-order valence-electron chi connectivity index (χ4n) is 2.76. The summed E-state index contributed by atoms with van der Waals surface area (Å²) in [5.41, 5.74) is 0. The Labute approximate surface area is 130 Å². The van der Waals surface area contributed by atoms with Crippen LogP contribution >= 0.6 is 0 Å². The van der Waals surface area contributed by atoms with Crippen LogP contribution in [0.2, 0.25) is 0 Å². The lowest BCUT2D eigenvalue weighted by Crippen LogP contribution is -2.53. The van der Waals surface area contributed by atoms with Gasteiger partial charge in [-0.25, -0.2) is 8.42 Å². The van der Waals surface area contributed by atoms with Crippen LogP contribution < -0.4 is 5.32 Å². The number of rotatable bonds is 9. The van der Waals surface area contributed by atoms with Crippen LogP contribution in [0, 0.1) is 0 Å². The molecule has 126 valence electrons. The van der Waals surface area contributed by atoms with E-state index in [0.717, 1.165) is 32.7 Å². The van der Waals surface area contributed by atoms with Gasteiger partial charge in [-0.15, -0.1) is 0 Å². The third-order valence-electron chi connectivity index (χ3n) is 4.18. The van der Waals surface area contributed by atoms with E-state index in [4.69, 9.17) is 4.74 Å². The van der Waals surface area contributed by atoms with Gasteiger partial charge in [0, 0.05) is 30.9 Å². The monoisotopic (exact) mass is 320 g/mol. The Morgan fingerprint density at radius 3 is 2.62 bits per heavy atom. The molecule has 0 aliphatic carbocycles. The summed E-state index contributed by atoms with van der Waals surface area (Å²) < 4.78 is 29.1. The molecule has 2 unspecified atom stereocenters. The molecule has 0 amide bonds. The lowest BCUT2D eigenvalue weighted by molar-refractivity contribution is -0.0563. The minimum atomic E-state index is -2.86. The molecule has 1 N–H and O–H groups in total. The van der Waals surface area contributed by atoms with Crippen LogP contribution in [-0.4, -0.2) is 69.3 Å². The summed E-state index contributed by atoms with van der Waals surface area (Å²) >= 11 is 0. The highest BCUT2D eigenvalue weighted by Gasteiger charge is 2.28. The van der Waals surface area contributed by atoms with E-state index in [0.29, 0.717) is 12.5 Å². The first kappa shape index (κ1) is 18.9. The Kier molecular flexibility index (Phi) is 8.16. The number of nitrogens with one attached hydrogen (secondary N) is 1. The van der Waals surface area contributed by atoms with E-state index < -0.39 is 9.84 Å². The minimum absolute atomic E-state index is 0.158. The van der Waals surface area contributed by atoms with Gasteiger partial charge in [0.05, 0.1) is 18.5 Å². The Balaban J connectivity index is 2.52. The zero-order chi connectivity index (χ0) is 15.9. The maximum atomic E-state index is 11.6. The highest BCUT2D eigenvalue weighted by atomic mass is 32.2. The van der Waals surface area contributed by atoms with Crippen molar-refractivity contribution < 1.29 is 13.2 Å². The summed E-state index contributed by atoms with van der Waals surface area (Å²) in [5, 5.41) is 3.47. The van der Waals surface area contributed by atoms with Gasteiger partial charge in [0.1, 0.15) is 9.84 Å². The molecule has 1 fully saturated rings. The number of nitrogens with zero attached hydrogens (tertiary/aromatic N) is 1. The van der Waals surface area contributed by atoms with Gasteiger partial charge >= 0.3 is 0 Å². The molecular formula is C15H32N2O3S. The zero-order valence-electron chi connectivity index (χ0n) is 14.0. The van der Waals surface area contributed by atoms with Crippen LogP contribution in [0.5, 0.6) is 0 Å². The standard InChI is InChI=1S/C15H32N2O3S/c1-5-16-14(8-7-11-21(18,19)6-2)15-12-17(13(3)4)9-10-20-15/h13-16H,5-12H2,1-4H3. The molecule has 0 bridgehead atoms. The summed E-state index contributed by atoms with van der Waals surface area (Å²) in [6.07, 6.45) is 1.71. The van der Waals surface area contributed by atoms with Gasteiger partial charge in [-0.05, 0) is 33.2 Å². The number of hydrogen-bond acceptors (Lipinski definition) is 5. The summed E-state index contributed by atoms with van der Waals surface area (Å²) in [6, 6.07) is 0.766. The van der Waals surface area contributed by atoms with Crippen LogP contribution in [0.25, 0.3) is 0 Å². The molecule has 2 atom stereocenters. The topological polar surface area (TPSA) is 58.6 Å². The van der Waals surface area contributed by atoms with Crippen molar-refractivity contribution in [1.29, 1.82) is 0 Å². The van der Waals surface area contributed by atoms with Crippen LogP contribution in [-0.2, 0) is 14.6 Å². The van der Waals surface area contributed by atoms with Crippen LogP contribution in [0.3, 0.4) is 0 Å². The molecular weight excluding hydrogens is 288 g/mol. The molecule has 0 aromatic heterocycles. The lowest BCUT2D eigenvalue weighted by Gasteiger charge is -2.39. The molecule has 5 nitrogen and oxygen atoms in total. The first-order valence-corrected chi connectivity index (χ1v) is 10.0. The van der Waals surface area contributed by atoms with Crippen molar-refractivity contribution in [2.24, 2.45) is 0 Å². The zero-order valence-corrected chi connectivity index (χ0v) is 14.8. The molecule has 0 saturated carbocycles. The van der Waals surface area contributed by atoms with E-state index in [2.05, 4.69) is 31.0 Å². The predicted octanol–water partition coefficient (Wildman–Crippen LogP) is 1.29. The second kappa shape index (κ2) is 9.08. The minimum Gasteiger partial charge on any atom is -0.374 e. The van der Waals surface area contributed by atoms with Crippen molar-refractivity contribution in [2.45, 2.75) is 58.7 Å². The van der Waals surface area contributed by atoms with Gasteiger partial charge in [-0.3, -0.25) is 4.90 Å². The third kappa shape index (κ3) is 6.63. The normalized spacial score (nSPS) is 22.6. The van der Waals surface area contributed by atoms with E-state index in [1.165, 1.54) is 0 Å². The SMILES string of the molecule is CCNC(CCCS(=O)(=O)CC)C1CN(C(C)C)CCO1. The predicted molar refractivity (Wildman–Crippen MR) is 87.5 cm³/mol. The number of morpholine rings is 1. The molecule has 0 radical (unpaired) electrons. The number of ether oxygens (including phenoxy) is 1. The molecule has 6 heteroatoms. The number of likely N-dealkylation sites (N-methyl/N-ethyl adjacent to an activating group) is 1. The second-order valence-electron chi connectivity index (χ2n) is 6.04. The van der Waals surface area contributed by atoms with Crippen LogP contribution in [0.4, 0.5) is 0 Å². The van der Waals surface area contributed by atoms with Gasteiger partial charge in [-0.2, -0.15) is 0 Å². The van der Waals surface area contributed by atoms with E-state index in [9.17, 15) is 8.42 Å². The van der Waals surface area contributed by atoms with Crippen LogP contribution in [0.15, 0.2) is 0 Å². The van der Waals surface area contributed by atoms with Crippen molar-refractivity contribution in [2.75, 3.05) is 37.7 Å². The maximum Gasteiger partial charge on any atom is 0.150 e. The molecule has 0 aromatic carbocycles. The van der Waals surface area contributed by atoms with Gasteiger partial charge < -0.3 is 10.1 Å². The van der Waals surface area contributed by atoms with Gasteiger partial charge in [0.25, 0.3) is 0 Å². The largest absolute Gasteiger partial charge is 0.374 e. The summed E-state index contributed by atoms with van der Waals surface area (Å²) in [6.45, 7) is 11.8. The molecule has 1 heterocycles. The van der Waals surface area contributed by atoms with Gasteiger partial charge in [-0.1, -0.05) is 13.8 Å². The molecule has 1 aliphatic heterocycles. The molecule has 1 saturated heterocycles. The van der Waals surface area contributed by atoms with E-state index >= 15 is 0 Å². The van der Waals surface area contributed by atoms with E-state index in [-0.39, 0.29) is 23.7 Å². The molecule has 1 rings (SSSR count). The van der Waals surface area contributed by atoms with Gasteiger partial charge in [0.2, 0.25) is 0 Å². The maximum absolute atomic E-state index is 11.6. The Hall–Kier alpha value is -0.170. The average Bonchev–Trinajstić information content (AvgIpc) is 2.46. The first-order valence-electron chi connectivity index (χ1n) is 8.19. The quantitative estimate of drug-likeness (QED) is 0.694. The summed E-state index contributed by atoms with van der Waals surface area (Å²) in [4.78, 5) is 2.43. The Morgan fingerprint density at radius 1 is 1.33 bits per heavy atom.